The van der Waals surface area contributed by atoms with Crippen LogP contribution in [0.2, 0.25) is 5.02 Å². The topological polar surface area (TPSA) is 38.3 Å². The smallest absolute Gasteiger partial charge is 0.327 e. The van der Waals surface area contributed by atoms with Crippen molar-refractivity contribution in [3.63, 3.8) is 0 Å². The van der Waals surface area contributed by atoms with Gasteiger partial charge in [0.1, 0.15) is 11.9 Å². The van der Waals surface area contributed by atoms with Crippen molar-refractivity contribution >= 4 is 17.6 Å². The Labute approximate surface area is 110 Å². The number of nitrogens with one attached hydrogen (secondary N) is 1. The van der Waals surface area contributed by atoms with Gasteiger partial charge in [0, 0.05) is 11.1 Å². The Kier molecular flexibility index (Phi) is 4.19. The molecule has 1 aromatic carbocycles. The summed E-state index contributed by atoms with van der Waals surface area (Å²) in [5.41, 5.74) is 0.505. The van der Waals surface area contributed by atoms with Crippen LogP contribution in [-0.4, -0.2) is 18.6 Å². The number of benzene rings is 1. The van der Waals surface area contributed by atoms with Crippen LogP contribution in [0.25, 0.3) is 0 Å². The number of hydrogen-bond acceptors (Lipinski definition) is 3. The number of rotatable bonds is 5. The van der Waals surface area contributed by atoms with E-state index in [1.807, 2.05) is 0 Å². The van der Waals surface area contributed by atoms with Crippen LogP contribution < -0.4 is 5.32 Å². The molecular formula is C13H15ClFNO2. The van der Waals surface area contributed by atoms with Crippen LogP contribution in [0.3, 0.4) is 0 Å². The zero-order valence-electron chi connectivity index (χ0n) is 10.1. The van der Waals surface area contributed by atoms with E-state index in [0.29, 0.717) is 18.2 Å². The summed E-state index contributed by atoms with van der Waals surface area (Å²) in [6, 6.07) is 3.77. The summed E-state index contributed by atoms with van der Waals surface area (Å²) in [7, 11) is 0. The number of carbonyl (C=O) groups is 1. The highest BCUT2D eigenvalue weighted by Gasteiger charge is 2.30. The Morgan fingerprint density at radius 3 is 2.83 bits per heavy atom. The Hall–Kier alpha value is -1.13. The lowest BCUT2D eigenvalue weighted by Gasteiger charge is -2.17. The summed E-state index contributed by atoms with van der Waals surface area (Å²) >= 11 is 5.81. The number of ether oxygens (including phenoxy) is 1. The van der Waals surface area contributed by atoms with Gasteiger partial charge in [-0.2, -0.15) is 0 Å². The van der Waals surface area contributed by atoms with Gasteiger partial charge in [-0.05, 0) is 43.5 Å². The molecule has 1 atom stereocenters. The highest BCUT2D eigenvalue weighted by atomic mass is 35.5. The molecule has 1 fully saturated rings. The first-order valence-corrected chi connectivity index (χ1v) is 6.36. The standard InChI is InChI=1S/C13H15ClFNO2/c1-2-18-13(17)12(16-11-3-4-11)8-5-9(14)7-10(15)6-8/h5-7,11-12,16H,2-4H2,1H3. The van der Waals surface area contributed by atoms with Gasteiger partial charge in [0.05, 0.1) is 6.61 Å². The molecule has 1 N–H and O–H groups in total. The molecule has 1 saturated carbocycles. The van der Waals surface area contributed by atoms with Gasteiger partial charge in [-0.1, -0.05) is 11.6 Å². The van der Waals surface area contributed by atoms with Crippen molar-refractivity contribution in [3.05, 3.63) is 34.6 Å². The van der Waals surface area contributed by atoms with Gasteiger partial charge in [0.15, 0.2) is 0 Å². The molecule has 5 heteroatoms. The molecule has 0 aliphatic heterocycles. The van der Waals surface area contributed by atoms with E-state index in [1.54, 1.807) is 13.0 Å². The van der Waals surface area contributed by atoms with Gasteiger partial charge in [-0.15, -0.1) is 0 Å². The van der Waals surface area contributed by atoms with Gasteiger partial charge in [-0.25, -0.2) is 9.18 Å². The molecule has 1 aromatic rings. The molecular weight excluding hydrogens is 257 g/mol. The molecule has 0 bridgehead atoms. The lowest BCUT2D eigenvalue weighted by molar-refractivity contribution is -0.145. The van der Waals surface area contributed by atoms with E-state index in [4.69, 9.17) is 16.3 Å². The van der Waals surface area contributed by atoms with Gasteiger partial charge in [-0.3, -0.25) is 5.32 Å². The predicted octanol–water partition coefficient (Wildman–Crippen LogP) is 2.84. The Morgan fingerprint density at radius 1 is 1.56 bits per heavy atom. The maximum absolute atomic E-state index is 13.3. The van der Waals surface area contributed by atoms with E-state index >= 15 is 0 Å². The average Bonchev–Trinajstić information content (AvgIpc) is 3.08. The fraction of sp³-hybridized carbons (Fsp3) is 0.462. The molecule has 1 unspecified atom stereocenters. The van der Waals surface area contributed by atoms with Crippen molar-refractivity contribution in [2.24, 2.45) is 0 Å². The van der Waals surface area contributed by atoms with Crippen LogP contribution in [0.4, 0.5) is 4.39 Å². The van der Waals surface area contributed by atoms with Gasteiger partial charge in [0.25, 0.3) is 0 Å². The van der Waals surface area contributed by atoms with Crippen molar-refractivity contribution in [2.45, 2.75) is 31.8 Å². The average molecular weight is 272 g/mol. The number of esters is 1. The first kappa shape index (κ1) is 13.3. The molecule has 2 rings (SSSR count). The molecule has 1 aliphatic rings. The summed E-state index contributed by atoms with van der Waals surface area (Å²) in [6.07, 6.45) is 2.05. The van der Waals surface area contributed by atoms with Crippen molar-refractivity contribution in [1.29, 1.82) is 0 Å². The fourth-order valence-electron chi connectivity index (χ4n) is 1.75. The lowest BCUT2D eigenvalue weighted by Crippen LogP contribution is -2.31. The molecule has 98 valence electrons. The van der Waals surface area contributed by atoms with Crippen LogP contribution in [-0.2, 0) is 9.53 Å². The highest BCUT2D eigenvalue weighted by Crippen LogP contribution is 2.27. The highest BCUT2D eigenvalue weighted by molar-refractivity contribution is 6.30. The molecule has 0 spiro atoms. The third kappa shape index (κ3) is 3.43. The quantitative estimate of drug-likeness (QED) is 0.837. The molecule has 18 heavy (non-hydrogen) atoms. The SMILES string of the molecule is CCOC(=O)C(NC1CC1)c1cc(F)cc(Cl)c1. The monoisotopic (exact) mass is 271 g/mol. The third-order valence-corrected chi connectivity index (χ3v) is 2.94. The third-order valence-electron chi connectivity index (χ3n) is 2.72. The second kappa shape index (κ2) is 5.67. The zero-order chi connectivity index (χ0) is 13.1. The van der Waals surface area contributed by atoms with E-state index in [-0.39, 0.29) is 5.02 Å². The molecule has 0 radical (unpaired) electrons. The largest absolute Gasteiger partial charge is 0.465 e. The van der Waals surface area contributed by atoms with Crippen LogP contribution in [0, 0.1) is 5.82 Å². The fourth-order valence-corrected chi connectivity index (χ4v) is 1.98. The summed E-state index contributed by atoms with van der Waals surface area (Å²) in [5, 5.41) is 3.42. The summed E-state index contributed by atoms with van der Waals surface area (Å²) in [6.45, 7) is 2.04. The van der Waals surface area contributed by atoms with E-state index < -0.39 is 17.8 Å². The molecule has 3 nitrogen and oxygen atoms in total. The number of hydrogen-bond donors (Lipinski definition) is 1. The normalized spacial score (nSPS) is 16.4. The minimum atomic E-state index is -0.648. The van der Waals surface area contributed by atoms with Crippen LogP contribution in [0.15, 0.2) is 18.2 Å². The second-order valence-electron chi connectivity index (χ2n) is 4.33. The number of carbonyl (C=O) groups excluding carboxylic acids is 1. The maximum Gasteiger partial charge on any atom is 0.327 e. The predicted molar refractivity (Wildman–Crippen MR) is 66.9 cm³/mol. The van der Waals surface area contributed by atoms with Crippen LogP contribution in [0.1, 0.15) is 31.4 Å². The number of halogens is 2. The Bertz CT molecular complexity index is 428. The van der Waals surface area contributed by atoms with Crippen molar-refractivity contribution in [2.75, 3.05) is 6.61 Å². The molecule has 0 aromatic heterocycles. The van der Waals surface area contributed by atoms with E-state index in [9.17, 15) is 9.18 Å². The van der Waals surface area contributed by atoms with Crippen molar-refractivity contribution < 1.29 is 13.9 Å². The van der Waals surface area contributed by atoms with Crippen LogP contribution >= 0.6 is 11.6 Å². The zero-order valence-corrected chi connectivity index (χ0v) is 10.8. The second-order valence-corrected chi connectivity index (χ2v) is 4.77. The van der Waals surface area contributed by atoms with Gasteiger partial charge in [0.2, 0.25) is 0 Å². The summed E-state index contributed by atoms with van der Waals surface area (Å²) in [4.78, 5) is 11.9. The maximum atomic E-state index is 13.3. The molecule has 0 amide bonds. The molecule has 0 saturated heterocycles. The Morgan fingerprint density at radius 2 is 2.28 bits per heavy atom. The van der Waals surface area contributed by atoms with E-state index in [0.717, 1.165) is 12.8 Å². The molecule has 0 heterocycles. The Balaban J connectivity index is 2.22. The summed E-state index contributed by atoms with van der Waals surface area (Å²) < 4.78 is 18.3. The van der Waals surface area contributed by atoms with Crippen LogP contribution in [0.5, 0.6) is 0 Å². The van der Waals surface area contributed by atoms with E-state index in [1.165, 1.54) is 12.1 Å². The van der Waals surface area contributed by atoms with Gasteiger partial charge < -0.3 is 4.74 Å². The van der Waals surface area contributed by atoms with Gasteiger partial charge >= 0.3 is 5.97 Å². The molecule has 1 aliphatic carbocycles. The first-order valence-electron chi connectivity index (χ1n) is 5.99. The van der Waals surface area contributed by atoms with E-state index in [2.05, 4.69) is 5.32 Å². The summed E-state index contributed by atoms with van der Waals surface area (Å²) in [5.74, 6) is -0.851. The first-order chi connectivity index (χ1) is 8.60. The minimum absolute atomic E-state index is 0.275. The minimum Gasteiger partial charge on any atom is -0.465 e. The van der Waals surface area contributed by atoms with Crippen molar-refractivity contribution in [1.82, 2.24) is 5.32 Å². The van der Waals surface area contributed by atoms with Crippen molar-refractivity contribution in [3.8, 4) is 0 Å². The lowest BCUT2D eigenvalue weighted by atomic mass is 10.1.